The number of anilines is 1. The van der Waals surface area contributed by atoms with E-state index in [-0.39, 0.29) is 11.9 Å². The average molecular weight is 373 g/mol. The monoisotopic (exact) mass is 372 g/mol. The van der Waals surface area contributed by atoms with Gasteiger partial charge in [0.2, 0.25) is 0 Å². The highest BCUT2D eigenvalue weighted by molar-refractivity contribution is 6.30. The van der Waals surface area contributed by atoms with Crippen molar-refractivity contribution >= 4 is 23.2 Å². The molecule has 2 heterocycles. The molecule has 0 bridgehead atoms. The highest BCUT2D eigenvalue weighted by atomic mass is 35.5. The fraction of sp³-hybridized carbons (Fsp3) is 0.450. The van der Waals surface area contributed by atoms with Crippen molar-refractivity contribution in [3.8, 4) is 0 Å². The lowest BCUT2D eigenvalue weighted by Gasteiger charge is -2.37. The molecule has 138 valence electrons. The van der Waals surface area contributed by atoms with Gasteiger partial charge < -0.3 is 5.32 Å². The topological polar surface area (TPSA) is 58.1 Å². The Hall–Kier alpha value is -1.98. The minimum Gasteiger partial charge on any atom is -0.322 e. The number of aryl methyl sites for hydroxylation is 1. The summed E-state index contributed by atoms with van der Waals surface area (Å²) >= 11 is 5.88. The fourth-order valence-electron chi connectivity index (χ4n) is 3.45. The van der Waals surface area contributed by atoms with E-state index in [4.69, 9.17) is 11.6 Å². The van der Waals surface area contributed by atoms with Gasteiger partial charge in [-0.15, -0.1) is 0 Å². The molecule has 1 N–H and O–H groups in total. The Balaban J connectivity index is 1.78. The summed E-state index contributed by atoms with van der Waals surface area (Å²) in [6.07, 6.45) is 5.12. The van der Waals surface area contributed by atoms with E-state index in [1.54, 1.807) is 30.5 Å². The number of aromatic nitrogens is 2. The van der Waals surface area contributed by atoms with Gasteiger partial charge in [-0.25, -0.2) is 9.97 Å². The minimum atomic E-state index is -0.208. The van der Waals surface area contributed by atoms with Crippen LogP contribution in [0.4, 0.5) is 5.69 Å². The quantitative estimate of drug-likeness (QED) is 0.850. The maximum absolute atomic E-state index is 12.5. The number of halogens is 1. The van der Waals surface area contributed by atoms with E-state index in [1.165, 1.54) is 12.8 Å². The molecule has 1 fully saturated rings. The van der Waals surface area contributed by atoms with Gasteiger partial charge in [0.15, 0.2) is 0 Å². The maximum Gasteiger partial charge on any atom is 0.259 e. The number of carbonyl (C=O) groups is 1. The third-order valence-electron chi connectivity index (χ3n) is 4.85. The second-order valence-corrected chi connectivity index (χ2v) is 7.47. The van der Waals surface area contributed by atoms with Crippen molar-refractivity contribution in [2.24, 2.45) is 0 Å². The predicted octanol–water partition coefficient (Wildman–Crippen LogP) is 4.63. The van der Waals surface area contributed by atoms with E-state index in [0.29, 0.717) is 28.0 Å². The third kappa shape index (κ3) is 4.22. The summed E-state index contributed by atoms with van der Waals surface area (Å²) in [6, 6.07) is 7.72. The van der Waals surface area contributed by atoms with E-state index in [1.807, 2.05) is 6.92 Å². The number of benzene rings is 1. The van der Waals surface area contributed by atoms with Gasteiger partial charge in [-0.1, -0.05) is 18.0 Å². The maximum atomic E-state index is 12.5. The number of rotatable bonds is 4. The summed E-state index contributed by atoms with van der Waals surface area (Å²) in [5.74, 6) is 0.611. The van der Waals surface area contributed by atoms with Gasteiger partial charge in [-0.05, 0) is 64.4 Å². The first-order valence-electron chi connectivity index (χ1n) is 9.12. The van der Waals surface area contributed by atoms with E-state index in [9.17, 15) is 4.79 Å². The molecule has 26 heavy (non-hydrogen) atoms. The highest BCUT2D eigenvalue weighted by Gasteiger charge is 2.28. The number of nitrogens with zero attached hydrogens (tertiary/aromatic N) is 3. The van der Waals surface area contributed by atoms with Gasteiger partial charge >= 0.3 is 0 Å². The highest BCUT2D eigenvalue weighted by Crippen LogP contribution is 2.30. The normalized spacial score (nSPS) is 18.1. The van der Waals surface area contributed by atoms with Crippen molar-refractivity contribution in [3.05, 3.63) is 52.6 Å². The lowest BCUT2D eigenvalue weighted by atomic mass is 9.99. The van der Waals surface area contributed by atoms with Crippen LogP contribution in [0.25, 0.3) is 0 Å². The summed E-state index contributed by atoms with van der Waals surface area (Å²) < 4.78 is 0. The molecule has 1 aromatic heterocycles. The van der Waals surface area contributed by atoms with Crippen LogP contribution in [0, 0.1) is 6.92 Å². The molecule has 3 rings (SSSR count). The Labute approximate surface area is 159 Å². The van der Waals surface area contributed by atoms with Crippen molar-refractivity contribution < 1.29 is 4.79 Å². The van der Waals surface area contributed by atoms with Gasteiger partial charge in [-0.2, -0.15) is 0 Å². The van der Waals surface area contributed by atoms with E-state index < -0.39 is 0 Å². The van der Waals surface area contributed by atoms with Crippen LogP contribution < -0.4 is 5.32 Å². The number of hydrogen-bond acceptors (Lipinski definition) is 4. The number of likely N-dealkylation sites (tertiary alicyclic amines) is 1. The average Bonchev–Trinajstić information content (AvgIpc) is 2.63. The molecular formula is C20H25ClN4O. The summed E-state index contributed by atoms with van der Waals surface area (Å²) in [6.45, 7) is 7.35. The van der Waals surface area contributed by atoms with Crippen molar-refractivity contribution in [2.45, 2.75) is 52.1 Å². The Morgan fingerprint density at radius 1 is 1.27 bits per heavy atom. The summed E-state index contributed by atoms with van der Waals surface area (Å²) in [5.41, 5.74) is 1.90. The summed E-state index contributed by atoms with van der Waals surface area (Å²) in [4.78, 5) is 24.2. The molecule has 1 amide bonds. The zero-order valence-corrected chi connectivity index (χ0v) is 16.3. The van der Waals surface area contributed by atoms with Crippen LogP contribution in [0.15, 0.2) is 30.5 Å². The largest absolute Gasteiger partial charge is 0.322 e. The lowest BCUT2D eigenvalue weighted by molar-refractivity contribution is 0.101. The van der Waals surface area contributed by atoms with Crippen molar-refractivity contribution in [1.82, 2.24) is 14.9 Å². The first-order chi connectivity index (χ1) is 12.5. The van der Waals surface area contributed by atoms with Gasteiger partial charge in [-0.3, -0.25) is 9.69 Å². The van der Waals surface area contributed by atoms with E-state index in [2.05, 4.69) is 34.0 Å². The Morgan fingerprint density at radius 3 is 2.65 bits per heavy atom. The summed E-state index contributed by atoms with van der Waals surface area (Å²) in [5, 5.41) is 3.50. The number of carbonyl (C=O) groups excluding carboxylic acids is 1. The lowest BCUT2D eigenvalue weighted by Crippen LogP contribution is -2.39. The van der Waals surface area contributed by atoms with Crippen LogP contribution in [0.2, 0.25) is 5.02 Å². The Kier molecular flexibility index (Phi) is 5.89. The SMILES string of the molecule is Cc1nc([C@H]2CCCCN2C(C)C)ncc1C(=O)Nc1ccc(Cl)cc1. The number of piperidine rings is 1. The predicted molar refractivity (Wildman–Crippen MR) is 105 cm³/mol. The molecule has 2 aromatic rings. The molecule has 0 spiro atoms. The molecule has 1 aliphatic rings. The first kappa shape index (κ1) is 18.8. The van der Waals surface area contributed by atoms with E-state index in [0.717, 1.165) is 18.8 Å². The van der Waals surface area contributed by atoms with Crippen LogP contribution in [-0.4, -0.2) is 33.4 Å². The van der Waals surface area contributed by atoms with Gasteiger partial charge in [0.05, 0.1) is 17.3 Å². The van der Waals surface area contributed by atoms with Gasteiger partial charge in [0, 0.05) is 22.9 Å². The van der Waals surface area contributed by atoms with Gasteiger partial charge in [0.25, 0.3) is 5.91 Å². The minimum absolute atomic E-state index is 0.208. The molecule has 1 saturated heterocycles. The molecule has 0 unspecified atom stereocenters. The standard InChI is InChI=1S/C20H25ClN4O/c1-13(2)25-11-5-4-6-18(25)19-22-12-17(14(3)23-19)20(26)24-16-9-7-15(21)8-10-16/h7-10,12-13,18H,4-6,11H2,1-3H3,(H,24,26)/t18-/m1/s1. The second kappa shape index (κ2) is 8.14. The van der Waals surface area contributed by atoms with Crippen molar-refractivity contribution in [1.29, 1.82) is 0 Å². The molecule has 6 heteroatoms. The van der Waals surface area contributed by atoms with Gasteiger partial charge in [0.1, 0.15) is 5.82 Å². The fourth-order valence-corrected chi connectivity index (χ4v) is 3.58. The molecule has 0 radical (unpaired) electrons. The number of amides is 1. The van der Waals surface area contributed by atoms with Crippen molar-refractivity contribution in [2.75, 3.05) is 11.9 Å². The van der Waals surface area contributed by atoms with Crippen LogP contribution >= 0.6 is 11.6 Å². The zero-order chi connectivity index (χ0) is 18.7. The molecular weight excluding hydrogens is 348 g/mol. The third-order valence-corrected chi connectivity index (χ3v) is 5.10. The van der Waals surface area contributed by atoms with E-state index >= 15 is 0 Å². The van der Waals surface area contributed by atoms with Crippen LogP contribution in [0.3, 0.4) is 0 Å². The first-order valence-corrected chi connectivity index (χ1v) is 9.49. The summed E-state index contributed by atoms with van der Waals surface area (Å²) in [7, 11) is 0. The van der Waals surface area contributed by atoms with Crippen LogP contribution in [0.5, 0.6) is 0 Å². The molecule has 1 aromatic carbocycles. The second-order valence-electron chi connectivity index (χ2n) is 7.03. The number of hydrogen-bond donors (Lipinski definition) is 1. The van der Waals surface area contributed by atoms with Crippen molar-refractivity contribution in [3.63, 3.8) is 0 Å². The van der Waals surface area contributed by atoms with Crippen LogP contribution in [0.1, 0.15) is 61.0 Å². The molecule has 1 atom stereocenters. The molecule has 0 aliphatic carbocycles. The number of nitrogens with one attached hydrogen (secondary N) is 1. The molecule has 0 saturated carbocycles. The smallest absolute Gasteiger partial charge is 0.259 e. The molecule has 1 aliphatic heterocycles. The van der Waals surface area contributed by atoms with Crippen LogP contribution in [-0.2, 0) is 0 Å². The zero-order valence-electron chi connectivity index (χ0n) is 15.5. The Bertz CT molecular complexity index is 776. The Morgan fingerprint density at radius 2 is 2.00 bits per heavy atom. The molecule has 5 nitrogen and oxygen atoms in total.